The average Bonchev–Trinajstić information content (AvgIpc) is 2.71. The molecule has 14 heavy (non-hydrogen) atoms. The van der Waals surface area contributed by atoms with E-state index in [2.05, 4.69) is 0 Å². The molecule has 0 N–H and O–H groups in total. The van der Waals surface area contributed by atoms with Gasteiger partial charge in [-0.1, -0.05) is 0 Å². The average molecular weight is 204 g/mol. The molecule has 0 bridgehead atoms. The van der Waals surface area contributed by atoms with Crippen LogP contribution in [0.2, 0.25) is 0 Å². The minimum Gasteiger partial charge on any atom is -0.457 e. The molecule has 0 fully saturated rings. The van der Waals surface area contributed by atoms with Crippen LogP contribution >= 0.6 is 12.2 Å². The molecule has 0 amide bonds. The van der Waals surface area contributed by atoms with Crippen LogP contribution in [-0.2, 0) is 0 Å². The molecule has 2 heterocycles. The molecule has 2 aromatic rings. The van der Waals surface area contributed by atoms with Gasteiger partial charge in [-0.3, -0.25) is 0 Å². The molecule has 3 heteroatoms. The summed E-state index contributed by atoms with van der Waals surface area (Å²) >= 11 is 5.25. The van der Waals surface area contributed by atoms with Gasteiger partial charge in [-0.05, 0) is 36.8 Å². The van der Waals surface area contributed by atoms with Crippen LogP contribution in [0.15, 0.2) is 47.3 Å². The number of nitrogens with zero attached hydrogens (tertiary/aromatic N) is 1. The van der Waals surface area contributed by atoms with E-state index >= 15 is 0 Å². The van der Waals surface area contributed by atoms with Crippen molar-refractivity contribution < 1.29 is 8.98 Å². The maximum atomic E-state index is 5.25. The Hall–Kier alpha value is -1.48. The van der Waals surface area contributed by atoms with Gasteiger partial charge in [0.2, 0.25) is 5.76 Å². The van der Waals surface area contributed by atoms with E-state index in [4.69, 9.17) is 16.6 Å². The van der Waals surface area contributed by atoms with Crippen molar-refractivity contribution in [3.05, 3.63) is 54.2 Å². The molecule has 2 aromatic heterocycles. The number of rotatable bonds is 1. The zero-order valence-corrected chi connectivity index (χ0v) is 8.62. The highest BCUT2D eigenvalue weighted by atomic mass is 32.1. The van der Waals surface area contributed by atoms with Gasteiger partial charge in [0.15, 0.2) is 12.4 Å². The topological polar surface area (TPSA) is 17.0 Å². The van der Waals surface area contributed by atoms with Crippen LogP contribution in [0.25, 0.3) is 0 Å². The van der Waals surface area contributed by atoms with Crippen molar-refractivity contribution in [2.24, 2.45) is 0 Å². The molecular formula is C11H10NOS+. The Balaban J connectivity index is 2.33. The number of pyridine rings is 1. The second-order valence-corrected chi connectivity index (χ2v) is 3.45. The summed E-state index contributed by atoms with van der Waals surface area (Å²) in [5.74, 6) is 0.717. The molecule has 0 aromatic carbocycles. The maximum Gasteiger partial charge on any atom is 0.320 e. The number of aromatic nitrogens is 1. The first-order valence-electron chi connectivity index (χ1n) is 4.33. The highest BCUT2D eigenvalue weighted by Gasteiger charge is 2.14. The van der Waals surface area contributed by atoms with E-state index in [1.54, 1.807) is 6.26 Å². The van der Waals surface area contributed by atoms with E-state index in [1.165, 1.54) is 5.56 Å². The Kier molecular flexibility index (Phi) is 2.41. The molecule has 0 aliphatic heterocycles. The van der Waals surface area contributed by atoms with Crippen molar-refractivity contribution in [1.82, 2.24) is 0 Å². The third-order valence-corrected chi connectivity index (χ3v) is 2.37. The molecular weight excluding hydrogens is 194 g/mol. The summed E-state index contributed by atoms with van der Waals surface area (Å²) in [6, 6.07) is 7.70. The number of hydrogen-bond donors (Lipinski definition) is 0. The summed E-state index contributed by atoms with van der Waals surface area (Å²) in [5, 5.41) is 0. The molecule has 0 unspecified atom stereocenters. The van der Waals surface area contributed by atoms with Gasteiger partial charge in [0.1, 0.15) is 0 Å². The normalized spacial score (nSPS) is 10.1. The second kappa shape index (κ2) is 3.72. The van der Waals surface area contributed by atoms with Gasteiger partial charge in [0.05, 0.1) is 6.26 Å². The summed E-state index contributed by atoms with van der Waals surface area (Å²) in [6.07, 6.45) is 5.48. The number of hydrogen-bond acceptors (Lipinski definition) is 2. The quantitative estimate of drug-likeness (QED) is 0.522. The van der Waals surface area contributed by atoms with Crippen molar-refractivity contribution in [3.8, 4) is 0 Å². The van der Waals surface area contributed by atoms with Crippen LogP contribution < -0.4 is 4.57 Å². The van der Waals surface area contributed by atoms with Gasteiger partial charge in [-0.25, -0.2) is 0 Å². The largest absolute Gasteiger partial charge is 0.457 e. The standard InChI is InChI=1S/C11H10NOS/c1-9-4-6-12(7-5-9)11(14)10-3-2-8-13-10/h2-8H,1H3/q+1. The third kappa shape index (κ3) is 1.72. The fraction of sp³-hybridized carbons (Fsp3) is 0.0909. The van der Waals surface area contributed by atoms with Gasteiger partial charge in [0, 0.05) is 12.1 Å². The highest BCUT2D eigenvalue weighted by molar-refractivity contribution is 7.80. The Bertz CT molecular complexity index is 431. The van der Waals surface area contributed by atoms with E-state index in [-0.39, 0.29) is 0 Å². The minimum absolute atomic E-state index is 0.676. The molecule has 0 atom stereocenters. The molecule has 0 saturated heterocycles. The summed E-state index contributed by atoms with van der Waals surface area (Å²) in [4.78, 5) is 0.676. The van der Waals surface area contributed by atoms with Gasteiger partial charge in [-0.15, -0.1) is 0 Å². The summed E-state index contributed by atoms with van der Waals surface area (Å²) < 4.78 is 7.08. The number of thiocarbonyl (C=S) groups is 1. The van der Waals surface area contributed by atoms with Crippen molar-refractivity contribution in [2.45, 2.75) is 6.92 Å². The minimum atomic E-state index is 0.676. The Labute approximate surface area is 87.8 Å². The third-order valence-electron chi connectivity index (χ3n) is 1.96. The van der Waals surface area contributed by atoms with Crippen molar-refractivity contribution in [1.29, 1.82) is 0 Å². The first kappa shape index (κ1) is 9.09. The lowest BCUT2D eigenvalue weighted by Gasteiger charge is -1.94. The number of aryl methyl sites for hydroxylation is 1. The molecule has 2 nitrogen and oxygen atoms in total. The molecule has 0 aliphatic rings. The zero-order valence-electron chi connectivity index (χ0n) is 7.81. The molecule has 0 saturated carbocycles. The molecule has 2 rings (SSSR count). The predicted octanol–water partition coefficient (Wildman–Crippen LogP) is 2.10. The summed E-state index contributed by atoms with van der Waals surface area (Å²) in [6.45, 7) is 2.04. The van der Waals surface area contributed by atoms with Gasteiger partial charge in [-0.2, -0.15) is 4.57 Å². The lowest BCUT2D eigenvalue weighted by Crippen LogP contribution is -2.40. The van der Waals surface area contributed by atoms with Crippen molar-refractivity contribution in [3.63, 3.8) is 0 Å². The first-order chi connectivity index (χ1) is 6.77. The van der Waals surface area contributed by atoms with Crippen LogP contribution in [0.5, 0.6) is 0 Å². The smallest absolute Gasteiger partial charge is 0.320 e. The molecule has 0 aliphatic carbocycles. The van der Waals surface area contributed by atoms with Gasteiger partial charge in [0.25, 0.3) is 0 Å². The van der Waals surface area contributed by atoms with E-state index < -0.39 is 0 Å². The van der Waals surface area contributed by atoms with E-state index in [0.717, 1.165) is 0 Å². The monoisotopic (exact) mass is 204 g/mol. The van der Waals surface area contributed by atoms with Crippen molar-refractivity contribution >= 4 is 17.2 Å². The summed E-state index contributed by atoms with van der Waals surface area (Å²) in [7, 11) is 0. The lowest BCUT2D eigenvalue weighted by molar-refractivity contribution is -0.551. The van der Waals surface area contributed by atoms with Crippen LogP contribution in [0.4, 0.5) is 0 Å². The second-order valence-electron chi connectivity index (χ2n) is 3.07. The fourth-order valence-electron chi connectivity index (χ4n) is 1.16. The van der Waals surface area contributed by atoms with Gasteiger partial charge < -0.3 is 4.42 Å². The van der Waals surface area contributed by atoms with Crippen LogP contribution in [0.3, 0.4) is 0 Å². The van der Waals surface area contributed by atoms with E-state index in [9.17, 15) is 0 Å². The highest BCUT2D eigenvalue weighted by Crippen LogP contribution is 2.00. The Morgan fingerprint density at radius 1 is 1.29 bits per heavy atom. The van der Waals surface area contributed by atoms with E-state index in [0.29, 0.717) is 10.7 Å². The number of furan rings is 1. The van der Waals surface area contributed by atoms with Gasteiger partial charge >= 0.3 is 4.99 Å². The molecule has 0 spiro atoms. The maximum absolute atomic E-state index is 5.25. The Morgan fingerprint density at radius 2 is 2.00 bits per heavy atom. The molecule has 0 radical (unpaired) electrons. The van der Waals surface area contributed by atoms with Crippen molar-refractivity contribution in [2.75, 3.05) is 0 Å². The molecule has 70 valence electrons. The lowest BCUT2D eigenvalue weighted by atomic mass is 10.3. The van der Waals surface area contributed by atoms with E-state index in [1.807, 2.05) is 48.1 Å². The Morgan fingerprint density at radius 3 is 2.57 bits per heavy atom. The van der Waals surface area contributed by atoms with Crippen LogP contribution in [0, 0.1) is 6.92 Å². The summed E-state index contributed by atoms with van der Waals surface area (Å²) in [5.41, 5.74) is 1.21. The van der Waals surface area contributed by atoms with Crippen LogP contribution in [0.1, 0.15) is 11.3 Å². The SMILES string of the molecule is Cc1cc[n+](C(=S)c2ccco2)cc1. The first-order valence-corrected chi connectivity index (χ1v) is 4.74. The fourth-order valence-corrected chi connectivity index (χ4v) is 1.40. The van der Waals surface area contributed by atoms with Crippen LogP contribution in [-0.4, -0.2) is 4.99 Å². The predicted molar refractivity (Wildman–Crippen MR) is 57.2 cm³/mol. The zero-order chi connectivity index (χ0) is 9.97.